The molecule has 0 bridgehead atoms. The van der Waals surface area contributed by atoms with Gasteiger partial charge in [-0.2, -0.15) is 4.31 Å². The number of hydrogen-bond donors (Lipinski definition) is 1. The van der Waals surface area contributed by atoms with Gasteiger partial charge in [-0.05, 0) is 78.9 Å². The fourth-order valence-corrected chi connectivity index (χ4v) is 5.48. The van der Waals surface area contributed by atoms with Crippen LogP contribution in [-0.2, 0) is 27.8 Å². The third kappa shape index (κ3) is 5.21. The molecule has 33 heavy (non-hydrogen) atoms. The molecule has 3 aromatic rings. The Bertz CT molecular complexity index is 1270. The highest BCUT2D eigenvalue weighted by Crippen LogP contribution is 2.28. The number of rotatable bonds is 6. The average molecular weight is 485 g/mol. The fourth-order valence-electron chi connectivity index (χ4n) is 3.93. The maximum absolute atomic E-state index is 13.0. The maximum Gasteiger partial charge on any atom is 0.262 e. The first kappa shape index (κ1) is 23.3. The molecule has 0 aliphatic carbocycles. The summed E-state index contributed by atoms with van der Waals surface area (Å²) in [6.45, 7) is 4.40. The zero-order valence-corrected chi connectivity index (χ0v) is 20.0. The van der Waals surface area contributed by atoms with Crippen molar-refractivity contribution in [3.05, 3.63) is 87.9 Å². The molecule has 1 amide bonds. The minimum atomic E-state index is -3.64. The summed E-state index contributed by atoms with van der Waals surface area (Å²) in [4.78, 5) is 12.7. The largest absolute Gasteiger partial charge is 0.483 e. The summed E-state index contributed by atoms with van der Waals surface area (Å²) in [5.41, 5.74) is 4.49. The van der Waals surface area contributed by atoms with Gasteiger partial charge in [0.15, 0.2) is 6.61 Å². The van der Waals surface area contributed by atoms with Crippen LogP contribution in [0.15, 0.2) is 65.6 Å². The molecule has 1 aliphatic heterocycles. The second-order valence-corrected chi connectivity index (χ2v) is 10.5. The second-order valence-electron chi connectivity index (χ2n) is 8.08. The van der Waals surface area contributed by atoms with Crippen molar-refractivity contribution >= 4 is 33.2 Å². The molecule has 1 heterocycles. The standard InChI is InChI=1S/C25H25ClN2O4S/c1-17-4-3-5-18(2)25(17)32-16-24(29)27-22-9-6-19-12-13-28(15-20(19)14-22)33(30,31)23-10-7-21(26)8-11-23/h3-11,14H,12-13,15-16H2,1-2H3,(H,27,29). The molecule has 4 rings (SSSR count). The molecule has 0 fully saturated rings. The number of fused-ring (bicyclic) bond motifs is 1. The van der Waals surface area contributed by atoms with Gasteiger partial charge in [-0.3, -0.25) is 4.79 Å². The summed E-state index contributed by atoms with van der Waals surface area (Å²) >= 11 is 5.89. The predicted molar refractivity (Wildman–Crippen MR) is 129 cm³/mol. The zero-order chi connectivity index (χ0) is 23.6. The van der Waals surface area contributed by atoms with Gasteiger partial charge in [-0.15, -0.1) is 0 Å². The van der Waals surface area contributed by atoms with E-state index in [1.54, 1.807) is 12.1 Å². The quantitative estimate of drug-likeness (QED) is 0.549. The number of nitrogens with one attached hydrogen (secondary N) is 1. The monoisotopic (exact) mass is 484 g/mol. The van der Waals surface area contributed by atoms with Crippen molar-refractivity contribution in [3.8, 4) is 5.75 Å². The zero-order valence-electron chi connectivity index (χ0n) is 18.5. The Morgan fingerprint density at radius 2 is 1.73 bits per heavy atom. The third-order valence-electron chi connectivity index (χ3n) is 5.68. The molecule has 6 nitrogen and oxygen atoms in total. The summed E-state index contributed by atoms with van der Waals surface area (Å²) in [6, 6.07) is 17.6. The molecule has 0 aromatic heterocycles. The molecule has 0 atom stereocenters. The first-order chi connectivity index (χ1) is 15.7. The van der Waals surface area contributed by atoms with Crippen molar-refractivity contribution in [2.24, 2.45) is 0 Å². The van der Waals surface area contributed by atoms with E-state index in [4.69, 9.17) is 16.3 Å². The minimum Gasteiger partial charge on any atom is -0.483 e. The first-order valence-corrected chi connectivity index (χ1v) is 12.4. The van der Waals surface area contributed by atoms with E-state index in [0.29, 0.717) is 29.4 Å². The number of aryl methyl sites for hydroxylation is 2. The number of carbonyl (C=O) groups excluding carboxylic acids is 1. The highest BCUT2D eigenvalue weighted by atomic mass is 35.5. The Balaban J connectivity index is 1.44. The number of sulfonamides is 1. The maximum atomic E-state index is 13.0. The number of amides is 1. The van der Waals surface area contributed by atoms with Gasteiger partial charge >= 0.3 is 0 Å². The summed E-state index contributed by atoms with van der Waals surface area (Å²) in [5.74, 6) is 0.431. The summed E-state index contributed by atoms with van der Waals surface area (Å²) in [5, 5.41) is 3.33. The van der Waals surface area contributed by atoms with Gasteiger partial charge in [0.1, 0.15) is 5.75 Å². The number of benzene rings is 3. The van der Waals surface area contributed by atoms with Crippen molar-refractivity contribution < 1.29 is 17.9 Å². The van der Waals surface area contributed by atoms with E-state index in [1.807, 2.05) is 50.2 Å². The number of carbonyl (C=O) groups is 1. The molecule has 0 radical (unpaired) electrons. The number of anilines is 1. The van der Waals surface area contributed by atoms with Crippen LogP contribution in [0.1, 0.15) is 22.3 Å². The summed E-state index contributed by atoms with van der Waals surface area (Å²) < 4.78 is 33.3. The summed E-state index contributed by atoms with van der Waals surface area (Å²) in [7, 11) is -3.64. The van der Waals surface area contributed by atoms with Crippen molar-refractivity contribution in [2.45, 2.75) is 31.7 Å². The molecule has 0 saturated heterocycles. The summed E-state index contributed by atoms with van der Waals surface area (Å²) in [6.07, 6.45) is 0.603. The Morgan fingerprint density at radius 1 is 1.03 bits per heavy atom. The Morgan fingerprint density at radius 3 is 2.42 bits per heavy atom. The van der Waals surface area contributed by atoms with Crippen LogP contribution in [0, 0.1) is 13.8 Å². The van der Waals surface area contributed by atoms with E-state index in [0.717, 1.165) is 22.3 Å². The van der Waals surface area contributed by atoms with E-state index >= 15 is 0 Å². The number of halogens is 1. The lowest BCUT2D eigenvalue weighted by atomic mass is 10.0. The molecule has 0 unspecified atom stereocenters. The molecule has 1 aliphatic rings. The lowest BCUT2D eigenvalue weighted by Gasteiger charge is -2.28. The van der Waals surface area contributed by atoms with Crippen LogP contribution in [0.2, 0.25) is 5.02 Å². The third-order valence-corrected chi connectivity index (χ3v) is 7.79. The van der Waals surface area contributed by atoms with E-state index in [2.05, 4.69) is 5.32 Å². The van der Waals surface area contributed by atoms with Crippen molar-refractivity contribution in [1.29, 1.82) is 0 Å². The Hall–Kier alpha value is -2.87. The van der Waals surface area contributed by atoms with Gasteiger partial charge < -0.3 is 10.1 Å². The van der Waals surface area contributed by atoms with Crippen LogP contribution in [-0.4, -0.2) is 31.8 Å². The number of para-hydroxylation sites is 1. The van der Waals surface area contributed by atoms with Crippen LogP contribution >= 0.6 is 11.6 Å². The van der Waals surface area contributed by atoms with E-state index in [9.17, 15) is 13.2 Å². The Kier molecular flexibility index (Phi) is 6.74. The van der Waals surface area contributed by atoms with Gasteiger partial charge in [0.2, 0.25) is 10.0 Å². The van der Waals surface area contributed by atoms with Crippen molar-refractivity contribution in [2.75, 3.05) is 18.5 Å². The normalized spacial score (nSPS) is 13.9. The van der Waals surface area contributed by atoms with E-state index in [1.165, 1.54) is 16.4 Å². The van der Waals surface area contributed by atoms with Crippen LogP contribution in [0.4, 0.5) is 5.69 Å². The predicted octanol–water partition coefficient (Wildman–Crippen LogP) is 4.72. The smallest absolute Gasteiger partial charge is 0.262 e. The van der Waals surface area contributed by atoms with Gasteiger partial charge in [0.25, 0.3) is 5.91 Å². The molecule has 1 N–H and O–H groups in total. The number of nitrogens with zero attached hydrogens (tertiary/aromatic N) is 1. The minimum absolute atomic E-state index is 0.111. The van der Waals surface area contributed by atoms with Gasteiger partial charge in [-0.25, -0.2) is 8.42 Å². The molecular weight excluding hydrogens is 460 g/mol. The molecule has 0 spiro atoms. The topological polar surface area (TPSA) is 75.7 Å². The van der Waals surface area contributed by atoms with E-state index < -0.39 is 10.0 Å². The van der Waals surface area contributed by atoms with Gasteiger partial charge in [0, 0.05) is 23.8 Å². The van der Waals surface area contributed by atoms with Crippen LogP contribution in [0.5, 0.6) is 5.75 Å². The van der Waals surface area contributed by atoms with Gasteiger partial charge in [0.05, 0.1) is 4.90 Å². The van der Waals surface area contributed by atoms with Crippen LogP contribution < -0.4 is 10.1 Å². The number of hydrogen-bond acceptors (Lipinski definition) is 4. The van der Waals surface area contributed by atoms with Crippen molar-refractivity contribution in [3.63, 3.8) is 0 Å². The van der Waals surface area contributed by atoms with E-state index in [-0.39, 0.29) is 24.0 Å². The number of ether oxygens (including phenoxy) is 1. The van der Waals surface area contributed by atoms with Crippen molar-refractivity contribution in [1.82, 2.24) is 4.31 Å². The lowest BCUT2D eigenvalue weighted by molar-refractivity contribution is -0.118. The molecular formula is C25H25ClN2O4S. The SMILES string of the molecule is Cc1cccc(C)c1OCC(=O)Nc1ccc2c(c1)CN(S(=O)(=O)c1ccc(Cl)cc1)CC2. The highest BCUT2D eigenvalue weighted by Gasteiger charge is 2.28. The second kappa shape index (κ2) is 9.55. The molecule has 8 heteroatoms. The fraction of sp³-hybridized carbons (Fsp3) is 0.240. The van der Waals surface area contributed by atoms with Crippen LogP contribution in [0.3, 0.4) is 0 Å². The average Bonchev–Trinajstić information content (AvgIpc) is 2.78. The van der Waals surface area contributed by atoms with Crippen LogP contribution in [0.25, 0.3) is 0 Å². The molecule has 0 saturated carbocycles. The highest BCUT2D eigenvalue weighted by molar-refractivity contribution is 7.89. The first-order valence-electron chi connectivity index (χ1n) is 10.6. The molecule has 172 valence electrons. The Labute approximate surface area is 199 Å². The molecule has 3 aromatic carbocycles. The lowest BCUT2D eigenvalue weighted by Crippen LogP contribution is -2.36. The van der Waals surface area contributed by atoms with Gasteiger partial charge in [-0.1, -0.05) is 35.9 Å².